The maximum absolute atomic E-state index is 5.71. The van der Waals surface area contributed by atoms with Crippen molar-refractivity contribution in [2.45, 2.75) is 19.8 Å². The van der Waals surface area contributed by atoms with Crippen molar-refractivity contribution >= 4 is 11.4 Å². The summed E-state index contributed by atoms with van der Waals surface area (Å²) >= 11 is 0. The van der Waals surface area contributed by atoms with E-state index in [4.69, 9.17) is 4.74 Å². The number of nitrogens with one attached hydrogen (secondary N) is 2. The summed E-state index contributed by atoms with van der Waals surface area (Å²) in [5, 5.41) is 6.78. The van der Waals surface area contributed by atoms with E-state index < -0.39 is 0 Å². The standard InChI is InChI=1S/C18H24N2O/c1-2-3-14-21-18-11-7-10-17(15-18)20-13-12-19-16-8-5-4-6-9-16/h4-11,15,19-20H,2-3,12-14H2,1H3. The minimum atomic E-state index is 0.787. The number of anilines is 2. The van der Waals surface area contributed by atoms with Crippen molar-refractivity contribution < 1.29 is 4.74 Å². The molecule has 0 bridgehead atoms. The Labute approximate surface area is 127 Å². The minimum Gasteiger partial charge on any atom is -0.494 e. The molecule has 0 heterocycles. The largest absolute Gasteiger partial charge is 0.494 e. The summed E-state index contributed by atoms with van der Waals surface area (Å²) in [5.74, 6) is 0.935. The first-order valence-electron chi connectivity index (χ1n) is 7.64. The normalized spacial score (nSPS) is 10.1. The summed E-state index contributed by atoms with van der Waals surface area (Å²) in [6.45, 7) is 4.70. The van der Waals surface area contributed by atoms with Crippen molar-refractivity contribution in [2.75, 3.05) is 30.3 Å². The van der Waals surface area contributed by atoms with Gasteiger partial charge in [0.15, 0.2) is 0 Å². The summed E-state index contributed by atoms with van der Waals surface area (Å²) in [6, 6.07) is 18.4. The highest BCUT2D eigenvalue weighted by molar-refractivity contribution is 5.48. The Balaban J connectivity index is 1.71. The number of para-hydroxylation sites is 1. The van der Waals surface area contributed by atoms with Gasteiger partial charge in [-0.25, -0.2) is 0 Å². The molecule has 2 aromatic rings. The second-order valence-corrected chi connectivity index (χ2v) is 4.95. The van der Waals surface area contributed by atoms with Crippen molar-refractivity contribution in [2.24, 2.45) is 0 Å². The van der Waals surface area contributed by atoms with Crippen LogP contribution < -0.4 is 15.4 Å². The molecule has 0 amide bonds. The predicted molar refractivity (Wildman–Crippen MR) is 90.3 cm³/mol. The molecule has 2 N–H and O–H groups in total. The monoisotopic (exact) mass is 284 g/mol. The SMILES string of the molecule is CCCCOc1cccc(NCCNc2ccccc2)c1. The number of rotatable bonds is 9. The molecule has 0 saturated carbocycles. The molecule has 0 aromatic heterocycles. The summed E-state index contributed by atoms with van der Waals surface area (Å²) in [7, 11) is 0. The lowest BCUT2D eigenvalue weighted by Gasteiger charge is -2.11. The molecule has 0 atom stereocenters. The van der Waals surface area contributed by atoms with Gasteiger partial charge in [-0.05, 0) is 30.7 Å². The van der Waals surface area contributed by atoms with Crippen LogP contribution in [-0.4, -0.2) is 19.7 Å². The zero-order chi connectivity index (χ0) is 14.8. The van der Waals surface area contributed by atoms with E-state index in [2.05, 4.69) is 41.8 Å². The van der Waals surface area contributed by atoms with Crippen LogP contribution in [0.3, 0.4) is 0 Å². The van der Waals surface area contributed by atoms with Crippen molar-refractivity contribution in [1.29, 1.82) is 0 Å². The van der Waals surface area contributed by atoms with Gasteiger partial charge in [-0.2, -0.15) is 0 Å². The molecule has 2 rings (SSSR count). The van der Waals surface area contributed by atoms with E-state index in [9.17, 15) is 0 Å². The molecule has 3 heteroatoms. The van der Waals surface area contributed by atoms with Crippen LogP contribution in [-0.2, 0) is 0 Å². The average Bonchev–Trinajstić information content (AvgIpc) is 2.53. The third-order valence-electron chi connectivity index (χ3n) is 3.16. The first-order valence-corrected chi connectivity index (χ1v) is 7.64. The Morgan fingerprint density at radius 3 is 2.33 bits per heavy atom. The van der Waals surface area contributed by atoms with E-state index in [1.807, 2.05) is 30.3 Å². The molecular formula is C18H24N2O. The fourth-order valence-corrected chi connectivity index (χ4v) is 2.00. The Kier molecular flexibility index (Phi) is 6.46. The van der Waals surface area contributed by atoms with Crippen molar-refractivity contribution in [1.82, 2.24) is 0 Å². The van der Waals surface area contributed by atoms with Crippen LogP contribution in [0, 0.1) is 0 Å². The van der Waals surface area contributed by atoms with Crippen LogP contribution in [0.1, 0.15) is 19.8 Å². The van der Waals surface area contributed by atoms with E-state index >= 15 is 0 Å². The molecule has 0 aliphatic carbocycles. The zero-order valence-corrected chi connectivity index (χ0v) is 12.6. The van der Waals surface area contributed by atoms with Gasteiger partial charge < -0.3 is 15.4 Å². The summed E-state index contributed by atoms with van der Waals surface area (Å²) in [6.07, 6.45) is 2.25. The third kappa shape index (κ3) is 5.78. The van der Waals surface area contributed by atoms with E-state index in [0.717, 1.165) is 49.7 Å². The van der Waals surface area contributed by atoms with Crippen LogP contribution in [0.4, 0.5) is 11.4 Å². The number of ether oxygens (including phenoxy) is 1. The molecule has 0 fully saturated rings. The smallest absolute Gasteiger partial charge is 0.121 e. The van der Waals surface area contributed by atoms with Crippen molar-refractivity contribution in [3.63, 3.8) is 0 Å². The van der Waals surface area contributed by atoms with Gasteiger partial charge in [0.1, 0.15) is 5.75 Å². The minimum absolute atomic E-state index is 0.787. The first-order chi connectivity index (χ1) is 10.4. The number of benzene rings is 2. The van der Waals surface area contributed by atoms with E-state index in [0.29, 0.717) is 0 Å². The van der Waals surface area contributed by atoms with Gasteiger partial charge >= 0.3 is 0 Å². The molecule has 0 spiro atoms. The average molecular weight is 284 g/mol. The molecule has 0 aliphatic heterocycles. The number of hydrogen-bond donors (Lipinski definition) is 2. The zero-order valence-electron chi connectivity index (χ0n) is 12.6. The molecule has 0 radical (unpaired) electrons. The maximum Gasteiger partial charge on any atom is 0.121 e. The lowest BCUT2D eigenvalue weighted by atomic mass is 10.3. The molecule has 112 valence electrons. The van der Waals surface area contributed by atoms with Gasteiger partial charge in [-0.15, -0.1) is 0 Å². The predicted octanol–water partition coefficient (Wildman–Crippen LogP) is 4.39. The van der Waals surface area contributed by atoms with Gasteiger partial charge in [-0.1, -0.05) is 37.6 Å². The molecule has 0 unspecified atom stereocenters. The van der Waals surface area contributed by atoms with Crippen LogP contribution in [0.2, 0.25) is 0 Å². The van der Waals surface area contributed by atoms with Crippen LogP contribution in [0.5, 0.6) is 5.75 Å². The van der Waals surface area contributed by atoms with Crippen molar-refractivity contribution in [3.05, 3.63) is 54.6 Å². The van der Waals surface area contributed by atoms with Crippen molar-refractivity contribution in [3.8, 4) is 5.75 Å². The Hall–Kier alpha value is -2.16. The summed E-state index contributed by atoms with van der Waals surface area (Å²) < 4.78 is 5.71. The van der Waals surface area contributed by atoms with Gasteiger partial charge in [0, 0.05) is 30.5 Å². The molecule has 0 saturated heterocycles. The topological polar surface area (TPSA) is 33.3 Å². The van der Waals surface area contributed by atoms with Crippen LogP contribution >= 0.6 is 0 Å². The van der Waals surface area contributed by atoms with Crippen LogP contribution in [0.15, 0.2) is 54.6 Å². The molecular weight excluding hydrogens is 260 g/mol. The van der Waals surface area contributed by atoms with Gasteiger partial charge in [0.05, 0.1) is 6.61 Å². The number of unbranched alkanes of at least 4 members (excludes halogenated alkanes) is 1. The fourth-order valence-electron chi connectivity index (χ4n) is 2.00. The Bertz CT molecular complexity index is 514. The fraction of sp³-hybridized carbons (Fsp3) is 0.333. The second kappa shape index (κ2) is 8.90. The highest BCUT2D eigenvalue weighted by atomic mass is 16.5. The van der Waals surface area contributed by atoms with Gasteiger partial charge in [0.2, 0.25) is 0 Å². The second-order valence-electron chi connectivity index (χ2n) is 4.95. The number of hydrogen-bond acceptors (Lipinski definition) is 3. The highest BCUT2D eigenvalue weighted by Gasteiger charge is 1.96. The van der Waals surface area contributed by atoms with Crippen LogP contribution in [0.25, 0.3) is 0 Å². The Morgan fingerprint density at radius 1 is 0.857 bits per heavy atom. The lowest BCUT2D eigenvalue weighted by Crippen LogP contribution is -2.13. The maximum atomic E-state index is 5.71. The van der Waals surface area contributed by atoms with Gasteiger partial charge in [-0.3, -0.25) is 0 Å². The molecule has 2 aromatic carbocycles. The molecule has 0 aliphatic rings. The van der Waals surface area contributed by atoms with Gasteiger partial charge in [0.25, 0.3) is 0 Å². The Morgan fingerprint density at radius 2 is 1.57 bits per heavy atom. The lowest BCUT2D eigenvalue weighted by molar-refractivity contribution is 0.309. The van der Waals surface area contributed by atoms with E-state index in [-0.39, 0.29) is 0 Å². The van der Waals surface area contributed by atoms with E-state index in [1.54, 1.807) is 0 Å². The van der Waals surface area contributed by atoms with E-state index in [1.165, 1.54) is 0 Å². The highest BCUT2D eigenvalue weighted by Crippen LogP contribution is 2.17. The summed E-state index contributed by atoms with van der Waals surface area (Å²) in [5.41, 5.74) is 2.25. The molecule has 3 nitrogen and oxygen atoms in total. The summed E-state index contributed by atoms with van der Waals surface area (Å²) in [4.78, 5) is 0. The molecule has 21 heavy (non-hydrogen) atoms. The first kappa shape index (κ1) is 15.2. The quantitative estimate of drug-likeness (QED) is 0.670. The third-order valence-corrected chi connectivity index (χ3v) is 3.16.